The Hall–Kier alpha value is -1.22. The van der Waals surface area contributed by atoms with Crippen molar-refractivity contribution in [1.29, 1.82) is 0 Å². The van der Waals surface area contributed by atoms with Gasteiger partial charge in [0.2, 0.25) is 0 Å². The summed E-state index contributed by atoms with van der Waals surface area (Å²) < 4.78 is 29.0. The van der Waals surface area contributed by atoms with Crippen molar-refractivity contribution in [2.24, 2.45) is 0 Å². The summed E-state index contributed by atoms with van der Waals surface area (Å²) in [7, 11) is -0.876. The predicted octanol–water partition coefficient (Wildman–Crippen LogP) is 2.94. The van der Waals surface area contributed by atoms with Gasteiger partial charge in [-0.1, -0.05) is 20.8 Å². The fraction of sp³-hybridized carbons (Fsp3) is 0.789. The van der Waals surface area contributed by atoms with Crippen LogP contribution in [0.25, 0.3) is 0 Å². The third kappa shape index (κ3) is 4.61. The lowest BCUT2D eigenvalue weighted by Gasteiger charge is -2.42. The van der Waals surface area contributed by atoms with Crippen molar-refractivity contribution >= 4 is 20.3 Å². The molecule has 0 aromatic rings. The van der Waals surface area contributed by atoms with Crippen LogP contribution in [0.2, 0.25) is 18.1 Å². The Morgan fingerprint density at radius 1 is 1.15 bits per heavy atom. The van der Waals surface area contributed by atoms with Crippen LogP contribution >= 0.6 is 0 Å². The quantitative estimate of drug-likeness (QED) is 0.530. The second kappa shape index (κ2) is 7.31. The number of carbonyl (C=O) groups is 2. The Bertz CT molecular complexity index is 632. The van der Waals surface area contributed by atoms with Crippen molar-refractivity contribution in [3.8, 4) is 0 Å². The molecule has 0 aromatic heterocycles. The molecule has 0 N–H and O–H groups in total. The molecule has 0 saturated carbocycles. The molecule has 2 rings (SSSR count). The molecule has 27 heavy (non-hydrogen) atoms. The lowest BCUT2D eigenvalue weighted by molar-refractivity contribution is -0.167. The number of esters is 2. The number of hydrogen-bond donors (Lipinski definition) is 0. The van der Waals surface area contributed by atoms with E-state index in [9.17, 15) is 9.59 Å². The molecule has 0 bridgehead atoms. The van der Waals surface area contributed by atoms with E-state index in [4.69, 9.17) is 23.4 Å². The highest BCUT2D eigenvalue weighted by Gasteiger charge is 2.56. The largest absolute Gasteiger partial charge is 0.466 e. The minimum absolute atomic E-state index is 0.0243. The van der Waals surface area contributed by atoms with Crippen LogP contribution in [0.3, 0.4) is 0 Å². The lowest BCUT2D eigenvalue weighted by atomic mass is 9.89. The molecule has 0 aromatic carbocycles. The third-order valence-corrected chi connectivity index (χ3v) is 9.86. The van der Waals surface area contributed by atoms with E-state index in [1.54, 1.807) is 19.9 Å². The number of ether oxygens (including phenoxy) is 4. The first-order valence-corrected chi connectivity index (χ1v) is 12.1. The monoisotopic (exact) mass is 400 g/mol. The molecule has 2 aliphatic rings. The minimum Gasteiger partial charge on any atom is -0.466 e. The van der Waals surface area contributed by atoms with Gasteiger partial charge in [-0.05, 0) is 38.1 Å². The first-order chi connectivity index (χ1) is 12.2. The number of fused-ring (bicyclic) bond motifs is 1. The molecule has 1 saturated heterocycles. The van der Waals surface area contributed by atoms with Gasteiger partial charge in [0.05, 0.1) is 18.8 Å². The summed E-state index contributed by atoms with van der Waals surface area (Å²) in [5, 5.41) is -0.0243. The van der Waals surface area contributed by atoms with Crippen LogP contribution in [0, 0.1) is 0 Å². The van der Waals surface area contributed by atoms with Gasteiger partial charge in [-0.3, -0.25) is 4.79 Å². The predicted molar refractivity (Wildman–Crippen MR) is 102 cm³/mol. The first kappa shape index (κ1) is 22.1. The van der Waals surface area contributed by atoms with Crippen molar-refractivity contribution in [3.05, 3.63) is 11.6 Å². The molecular weight excluding hydrogens is 368 g/mol. The van der Waals surface area contributed by atoms with E-state index in [-0.39, 0.29) is 10.6 Å². The zero-order valence-corrected chi connectivity index (χ0v) is 18.7. The van der Waals surface area contributed by atoms with Crippen LogP contribution in [-0.4, -0.2) is 57.6 Å². The van der Waals surface area contributed by atoms with Crippen LogP contribution in [0.5, 0.6) is 0 Å². The highest BCUT2D eigenvalue weighted by molar-refractivity contribution is 6.74. The SMILES string of the molecule is COC(=O)C1=C[C@H](O[Si](C)(C)C(C)(C)C)[C@@H]2OC(C)(C)O[C@@H]2[C@H]1OC(C)=O. The second-order valence-corrected chi connectivity index (χ2v) is 13.8. The summed E-state index contributed by atoms with van der Waals surface area (Å²) in [5.74, 6) is -1.97. The van der Waals surface area contributed by atoms with Gasteiger partial charge in [0.1, 0.15) is 12.2 Å². The van der Waals surface area contributed by atoms with Crippen LogP contribution in [0.1, 0.15) is 41.5 Å². The number of rotatable bonds is 4. The molecule has 154 valence electrons. The maximum atomic E-state index is 12.4. The van der Waals surface area contributed by atoms with Crippen molar-refractivity contribution in [3.63, 3.8) is 0 Å². The Kier molecular flexibility index (Phi) is 5.97. The Balaban J connectivity index is 2.48. The summed E-state index contributed by atoms with van der Waals surface area (Å²) in [4.78, 5) is 24.0. The molecule has 0 spiro atoms. The minimum atomic E-state index is -2.17. The fourth-order valence-electron chi connectivity index (χ4n) is 3.08. The van der Waals surface area contributed by atoms with Gasteiger partial charge in [0.15, 0.2) is 20.2 Å². The van der Waals surface area contributed by atoms with Crippen LogP contribution in [-0.2, 0) is 33.0 Å². The summed E-state index contributed by atoms with van der Waals surface area (Å²) in [5.41, 5.74) is 0.221. The highest BCUT2D eigenvalue weighted by atomic mass is 28.4. The maximum absolute atomic E-state index is 12.4. The molecule has 7 nitrogen and oxygen atoms in total. The molecule has 1 fully saturated rings. The topological polar surface area (TPSA) is 80.3 Å². The summed E-state index contributed by atoms with van der Waals surface area (Å²) >= 11 is 0. The zero-order chi connectivity index (χ0) is 20.8. The van der Waals surface area contributed by atoms with Crippen molar-refractivity contribution in [2.75, 3.05) is 7.11 Å². The zero-order valence-electron chi connectivity index (χ0n) is 17.7. The Morgan fingerprint density at radius 3 is 2.19 bits per heavy atom. The smallest absolute Gasteiger partial charge is 0.337 e. The van der Waals surface area contributed by atoms with E-state index in [1.165, 1.54) is 14.0 Å². The van der Waals surface area contributed by atoms with Gasteiger partial charge in [-0.2, -0.15) is 0 Å². The molecule has 0 unspecified atom stereocenters. The molecule has 1 aliphatic heterocycles. The molecular formula is C19H32O7Si. The summed E-state index contributed by atoms with van der Waals surface area (Å²) in [6.45, 7) is 15.6. The third-order valence-electron chi connectivity index (χ3n) is 5.39. The number of hydrogen-bond acceptors (Lipinski definition) is 7. The van der Waals surface area contributed by atoms with Gasteiger partial charge >= 0.3 is 11.9 Å². The average Bonchev–Trinajstić information content (AvgIpc) is 2.82. The van der Waals surface area contributed by atoms with E-state index < -0.39 is 50.5 Å². The first-order valence-electron chi connectivity index (χ1n) is 9.19. The van der Waals surface area contributed by atoms with Crippen molar-refractivity contribution in [1.82, 2.24) is 0 Å². The van der Waals surface area contributed by atoms with Crippen LogP contribution < -0.4 is 0 Å². The van der Waals surface area contributed by atoms with E-state index in [0.717, 1.165) is 0 Å². The van der Waals surface area contributed by atoms with Gasteiger partial charge in [-0.25, -0.2) is 4.79 Å². The molecule has 4 atom stereocenters. The normalized spacial score (nSPS) is 30.3. The second-order valence-electron chi connectivity index (χ2n) is 9.05. The molecule has 0 amide bonds. The van der Waals surface area contributed by atoms with Crippen molar-refractivity contribution in [2.45, 2.75) is 89.9 Å². The van der Waals surface area contributed by atoms with Gasteiger partial charge < -0.3 is 23.4 Å². The lowest BCUT2D eigenvalue weighted by Crippen LogP contribution is -2.54. The van der Waals surface area contributed by atoms with Crippen LogP contribution in [0.4, 0.5) is 0 Å². The van der Waals surface area contributed by atoms with E-state index >= 15 is 0 Å². The summed E-state index contributed by atoms with van der Waals surface area (Å²) in [6, 6.07) is 0. The Labute approximate surface area is 162 Å². The van der Waals surface area contributed by atoms with E-state index in [0.29, 0.717) is 0 Å². The summed E-state index contributed by atoms with van der Waals surface area (Å²) in [6.07, 6.45) is -0.879. The van der Waals surface area contributed by atoms with Crippen molar-refractivity contribution < 1.29 is 33.0 Å². The Morgan fingerprint density at radius 2 is 1.70 bits per heavy atom. The average molecular weight is 401 g/mol. The molecule has 8 heteroatoms. The molecule has 1 aliphatic carbocycles. The fourth-order valence-corrected chi connectivity index (χ4v) is 4.31. The maximum Gasteiger partial charge on any atom is 0.337 e. The van der Waals surface area contributed by atoms with Crippen LogP contribution in [0.15, 0.2) is 11.6 Å². The standard InChI is InChI=1S/C19H32O7Si/c1-11(20)23-14-12(17(21)22-7)10-13(26-27(8,9)18(2,3)4)15-16(14)25-19(5,6)24-15/h10,13-16H,1-9H3/t13-,14-,15-,16+/m0/s1. The van der Waals surface area contributed by atoms with E-state index in [1.807, 2.05) is 0 Å². The van der Waals surface area contributed by atoms with Gasteiger partial charge in [0.25, 0.3) is 0 Å². The van der Waals surface area contributed by atoms with Gasteiger partial charge in [0, 0.05) is 6.92 Å². The van der Waals surface area contributed by atoms with E-state index in [2.05, 4.69) is 33.9 Å². The molecule has 0 radical (unpaired) electrons. The number of methoxy groups -OCH3 is 1. The number of carbonyl (C=O) groups excluding carboxylic acids is 2. The molecule has 1 heterocycles. The van der Waals surface area contributed by atoms with Gasteiger partial charge in [-0.15, -0.1) is 0 Å². The highest BCUT2D eigenvalue weighted by Crippen LogP contribution is 2.43.